The van der Waals surface area contributed by atoms with Crippen LogP contribution in [0.25, 0.3) is 0 Å². The third kappa shape index (κ3) is 4.36. The number of methoxy groups -OCH3 is 1. The summed E-state index contributed by atoms with van der Waals surface area (Å²) in [7, 11) is -2.67. The van der Waals surface area contributed by atoms with Gasteiger partial charge >= 0.3 is 5.97 Å². The lowest BCUT2D eigenvalue weighted by Crippen LogP contribution is -2.37. The third-order valence-corrected chi connectivity index (χ3v) is 6.43. The molecule has 0 fully saturated rings. The van der Waals surface area contributed by atoms with E-state index in [1.807, 2.05) is 6.92 Å². The molecule has 0 radical (unpaired) electrons. The Hall–Kier alpha value is -3.18. The van der Waals surface area contributed by atoms with Gasteiger partial charge in [0.15, 0.2) is 11.5 Å². The monoisotopic (exact) mass is 436 g/mol. The van der Waals surface area contributed by atoms with Crippen LogP contribution in [0.5, 0.6) is 11.5 Å². The van der Waals surface area contributed by atoms with Crippen LogP contribution in [0.3, 0.4) is 0 Å². The van der Waals surface area contributed by atoms with Crippen molar-refractivity contribution in [2.24, 2.45) is 0 Å². The molecular formula is C19H20N2O8S. The second kappa shape index (κ2) is 8.67. The Bertz CT molecular complexity index is 1070. The highest BCUT2D eigenvalue weighted by molar-refractivity contribution is 7.89. The van der Waals surface area contributed by atoms with E-state index in [0.29, 0.717) is 0 Å². The van der Waals surface area contributed by atoms with E-state index in [1.54, 1.807) is 12.1 Å². The second-order valence-electron chi connectivity index (χ2n) is 6.48. The van der Waals surface area contributed by atoms with Gasteiger partial charge in [-0.3, -0.25) is 10.1 Å². The van der Waals surface area contributed by atoms with Crippen molar-refractivity contribution < 1.29 is 32.3 Å². The maximum Gasteiger partial charge on any atom is 0.345 e. The molecule has 0 spiro atoms. The number of hydrogen-bond donors (Lipinski definition) is 0. The largest absolute Gasteiger partial charge is 0.488 e. The number of ether oxygens (including phenoxy) is 3. The zero-order chi connectivity index (χ0) is 21.9. The van der Waals surface area contributed by atoms with E-state index in [4.69, 9.17) is 9.47 Å². The Morgan fingerprint density at radius 1 is 1.10 bits per heavy atom. The molecule has 10 nitrogen and oxygen atoms in total. The quantitative estimate of drug-likeness (QED) is 0.405. The molecule has 0 N–H and O–H groups in total. The van der Waals surface area contributed by atoms with Crippen molar-refractivity contribution in [3.63, 3.8) is 0 Å². The number of fused-ring (bicyclic) bond motifs is 1. The molecule has 30 heavy (non-hydrogen) atoms. The van der Waals surface area contributed by atoms with E-state index in [-0.39, 0.29) is 48.3 Å². The predicted octanol–water partition coefficient (Wildman–Crippen LogP) is 2.15. The standard InChI is InChI=1S/C19H20N2O8S/c1-13-3-5-14(6-4-13)30(25,26)20-7-9-28-17-11-15(19(22)27-2)16(21(23)24)12-18(17)29-10-8-20/h3-6,11-12H,7-10H2,1-2H3. The highest BCUT2D eigenvalue weighted by Crippen LogP contribution is 2.36. The summed E-state index contributed by atoms with van der Waals surface area (Å²) in [6.45, 7) is 1.81. The summed E-state index contributed by atoms with van der Waals surface area (Å²) in [5, 5.41) is 11.3. The van der Waals surface area contributed by atoms with Crippen LogP contribution in [-0.2, 0) is 14.8 Å². The van der Waals surface area contributed by atoms with E-state index in [0.717, 1.165) is 18.7 Å². The molecule has 2 aromatic carbocycles. The van der Waals surface area contributed by atoms with E-state index < -0.39 is 26.6 Å². The molecule has 3 rings (SSSR count). The molecular weight excluding hydrogens is 416 g/mol. The number of benzene rings is 2. The summed E-state index contributed by atoms with van der Waals surface area (Å²) in [6, 6.07) is 8.72. The number of carbonyl (C=O) groups is 1. The van der Waals surface area contributed by atoms with Gasteiger partial charge in [0.25, 0.3) is 5.69 Å². The number of hydrogen-bond acceptors (Lipinski definition) is 8. The van der Waals surface area contributed by atoms with Crippen LogP contribution >= 0.6 is 0 Å². The van der Waals surface area contributed by atoms with Crippen LogP contribution in [0.1, 0.15) is 15.9 Å². The Balaban J connectivity index is 1.88. The van der Waals surface area contributed by atoms with Crippen LogP contribution < -0.4 is 9.47 Å². The van der Waals surface area contributed by atoms with Crippen molar-refractivity contribution in [3.05, 3.63) is 57.6 Å². The van der Waals surface area contributed by atoms with E-state index in [2.05, 4.69) is 4.74 Å². The average Bonchev–Trinajstić information content (AvgIpc) is 2.82. The number of esters is 1. The number of rotatable bonds is 4. The molecule has 1 aliphatic heterocycles. The zero-order valence-corrected chi connectivity index (χ0v) is 17.2. The topological polar surface area (TPSA) is 125 Å². The zero-order valence-electron chi connectivity index (χ0n) is 16.4. The molecule has 1 aliphatic rings. The van der Waals surface area contributed by atoms with Gasteiger partial charge in [-0.25, -0.2) is 13.2 Å². The molecule has 0 saturated carbocycles. The molecule has 1 heterocycles. The Morgan fingerprint density at radius 2 is 1.67 bits per heavy atom. The second-order valence-corrected chi connectivity index (χ2v) is 8.42. The first-order valence-electron chi connectivity index (χ1n) is 8.97. The van der Waals surface area contributed by atoms with Gasteiger partial charge in [0.1, 0.15) is 18.8 Å². The lowest BCUT2D eigenvalue weighted by atomic mass is 10.1. The lowest BCUT2D eigenvalue weighted by molar-refractivity contribution is -0.385. The van der Waals surface area contributed by atoms with Crippen LogP contribution in [-0.4, -0.2) is 57.0 Å². The first kappa shape index (κ1) is 21.5. The molecule has 0 aromatic heterocycles. The number of aryl methyl sites for hydroxylation is 1. The fourth-order valence-electron chi connectivity index (χ4n) is 2.93. The third-order valence-electron chi connectivity index (χ3n) is 4.52. The van der Waals surface area contributed by atoms with Crippen molar-refractivity contribution in [2.45, 2.75) is 11.8 Å². The van der Waals surface area contributed by atoms with Crippen molar-refractivity contribution in [1.29, 1.82) is 0 Å². The Labute approximate surface area is 173 Å². The summed E-state index contributed by atoms with van der Waals surface area (Å²) in [5.74, 6) is -0.754. The Kier molecular flexibility index (Phi) is 6.22. The smallest absolute Gasteiger partial charge is 0.345 e. The van der Waals surface area contributed by atoms with Crippen LogP contribution in [0.4, 0.5) is 5.69 Å². The Morgan fingerprint density at radius 3 is 2.20 bits per heavy atom. The van der Waals surface area contributed by atoms with E-state index >= 15 is 0 Å². The van der Waals surface area contributed by atoms with Gasteiger partial charge in [0.2, 0.25) is 10.0 Å². The molecule has 2 aromatic rings. The van der Waals surface area contributed by atoms with Crippen LogP contribution in [0, 0.1) is 17.0 Å². The fraction of sp³-hybridized carbons (Fsp3) is 0.316. The summed E-state index contributed by atoms with van der Waals surface area (Å²) >= 11 is 0. The van der Waals surface area contributed by atoms with Crippen LogP contribution in [0.2, 0.25) is 0 Å². The highest BCUT2D eigenvalue weighted by atomic mass is 32.2. The number of sulfonamides is 1. The molecule has 160 valence electrons. The summed E-state index contributed by atoms with van der Waals surface area (Å²) in [4.78, 5) is 22.6. The minimum absolute atomic E-state index is 0.0194. The number of nitrogens with zero attached hydrogens (tertiary/aromatic N) is 2. The highest BCUT2D eigenvalue weighted by Gasteiger charge is 2.29. The summed E-state index contributed by atoms with van der Waals surface area (Å²) < 4.78 is 42.8. The molecule has 0 aliphatic carbocycles. The molecule has 11 heteroatoms. The number of nitro groups is 1. The predicted molar refractivity (Wildman–Crippen MR) is 105 cm³/mol. The van der Waals surface area contributed by atoms with Gasteiger partial charge in [-0.2, -0.15) is 4.31 Å². The van der Waals surface area contributed by atoms with E-state index in [9.17, 15) is 23.3 Å². The summed E-state index contributed by atoms with van der Waals surface area (Å²) in [5.41, 5.74) is 0.157. The molecule has 0 amide bonds. The maximum absolute atomic E-state index is 12.9. The van der Waals surface area contributed by atoms with Crippen molar-refractivity contribution in [2.75, 3.05) is 33.4 Å². The van der Waals surface area contributed by atoms with Crippen molar-refractivity contribution >= 4 is 21.7 Å². The number of carbonyl (C=O) groups excluding carboxylic acids is 1. The molecule has 0 unspecified atom stereocenters. The van der Waals surface area contributed by atoms with Gasteiger partial charge in [-0.15, -0.1) is 0 Å². The van der Waals surface area contributed by atoms with Gasteiger partial charge in [-0.05, 0) is 19.1 Å². The van der Waals surface area contributed by atoms with Crippen molar-refractivity contribution in [1.82, 2.24) is 4.31 Å². The maximum atomic E-state index is 12.9. The molecule has 0 bridgehead atoms. The first-order chi connectivity index (χ1) is 14.2. The number of nitro benzene ring substituents is 1. The van der Waals surface area contributed by atoms with Gasteiger partial charge in [0, 0.05) is 19.2 Å². The normalized spacial score (nSPS) is 14.9. The SMILES string of the molecule is COC(=O)c1cc2c(cc1[N+](=O)[O-])OCCN(S(=O)(=O)c1ccc(C)cc1)CCO2. The minimum atomic E-state index is -3.78. The first-order valence-corrected chi connectivity index (χ1v) is 10.4. The molecule has 0 saturated heterocycles. The van der Waals surface area contributed by atoms with E-state index in [1.165, 1.54) is 22.5 Å². The van der Waals surface area contributed by atoms with Gasteiger partial charge in [-0.1, -0.05) is 17.7 Å². The fourth-order valence-corrected chi connectivity index (χ4v) is 4.33. The average molecular weight is 436 g/mol. The van der Waals surface area contributed by atoms with Crippen LogP contribution in [0.15, 0.2) is 41.3 Å². The van der Waals surface area contributed by atoms with Crippen molar-refractivity contribution in [3.8, 4) is 11.5 Å². The lowest BCUT2D eigenvalue weighted by Gasteiger charge is -2.21. The molecule has 0 atom stereocenters. The van der Waals surface area contributed by atoms with Gasteiger partial charge < -0.3 is 14.2 Å². The summed E-state index contributed by atoms with van der Waals surface area (Å²) in [6.07, 6.45) is 0. The minimum Gasteiger partial charge on any atom is -0.488 e. The van der Waals surface area contributed by atoms with Gasteiger partial charge in [0.05, 0.1) is 23.0 Å².